The van der Waals surface area contributed by atoms with Crippen LogP contribution in [0.25, 0.3) is 0 Å². The van der Waals surface area contributed by atoms with Crippen molar-refractivity contribution in [1.29, 1.82) is 0 Å². The highest BCUT2D eigenvalue weighted by Gasteiger charge is 2.32. The lowest BCUT2D eigenvalue weighted by atomic mass is 10.0. The number of amides is 2. The van der Waals surface area contributed by atoms with Crippen molar-refractivity contribution in [3.63, 3.8) is 0 Å². The first-order valence-electron chi connectivity index (χ1n) is 9.47. The smallest absolute Gasteiger partial charge is 0.410 e. The van der Waals surface area contributed by atoms with Gasteiger partial charge in [-0.25, -0.2) is 4.79 Å². The molecular weight excluding hydrogens is 364 g/mol. The Labute approximate surface area is 166 Å². The van der Waals surface area contributed by atoms with E-state index < -0.39 is 5.60 Å². The van der Waals surface area contributed by atoms with Gasteiger partial charge < -0.3 is 24.0 Å². The number of ether oxygens (including phenoxy) is 3. The molecule has 1 aromatic rings. The first-order chi connectivity index (χ1) is 13.2. The number of fused-ring (bicyclic) bond motifs is 1. The van der Waals surface area contributed by atoms with Gasteiger partial charge in [-0.1, -0.05) is 0 Å². The van der Waals surface area contributed by atoms with Gasteiger partial charge in [-0.05, 0) is 20.8 Å². The summed E-state index contributed by atoms with van der Waals surface area (Å²) >= 11 is 0. The van der Waals surface area contributed by atoms with Crippen molar-refractivity contribution in [1.82, 2.24) is 19.6 Å². The lowest BCUT2D eigenvalue weighted by Crippen LogP contribution is -2.41. The van der Waals surface area contributed by atoms with Gasteiger partial charge in [-0.2, -0.15) is 5.10 Å². The summed E-state index contributed by atoms with van der Waals surface area (Å²) in [7, 11) is 4.96. The van der Waals surface area contributed by atoms with Gasteiger partial charge in [0.15, 0.2) is 0 Å². The van der Waals surface area contributed by atoms with Crippen molar-refractivity contribution < 1.29 is 23.8 Å². The molecule has 1 aliphatic rings. The van der Waals surface area contributed by atoms with E-state index in [1.54, 1.807) is 35.7 Å². The normalized spacial score (nSPS) is 14.0. The van der Waals surface area contributed by atoms with E-state index in [1.807, 2.05) is 20.8 Å². The Morgan fingerprint density at radius 3 is 2.29 bits per heavy atom. The maximum atomic E-state index is 13.2. The van der Waals surface area contributed by atoms with E-state index in [-0.39, 0.29) is 12.0 Å². The molecule has 2 rings (SSSR count). The van der Waals surface area contributed by atoms with Crippen molar-refractivity contribution in [3.8, 4) is 0 Å². The van der Waals surface area contributed by atoms with E-state index in [0.717, 1.165) is 11.3 Å². The van der Waals surface area contributed by atoms with Gasteiger partial charge in [0.25, 0.3) is 5.91 Å². The largest absolute Gasteiger partial charge is 0.444 e. The van der Waals surface area contributed by atoms with Crippen molar-refractivity contribution >= 4 is 12.0 Å². The Morgan fingerprint density at radius 1 is 1.14 bits per heavy atom. The van der Waals surface area contributed by atoms with Gasteiger partial charge in [-0.15, -0.1) is 0 Å². The lowest BCUT2D eigenvalue weighted by molar-refractivity contribution is 0.0221. The number of hydrogen-bond acceptors (Lipinski definition) is 6. The molecule has 0 saturated carbocycles. The summed E-state index contributed by atoms with van der Waals surface area (Å²) in [6.07, 6.45) is 0.210. The number of carbonyl (C=O) groups excluding carboxylic acids is 2. The standard InChI is InChI=1S/C19H32N4O5/c1-19(2,3)28-18(25)23-8-7-15-14(13-23)16(21(4)20-15)17(24)22(9-11-26-5)10-12-27-6/h7-13H2,1-6H3. The molecule has 9 nitrogen and oxygen atoms in total. The molecule has 0 aromatic carbocycles. The molecular formula is C19H32N4O5. The van der Waals surface area contributed by atoms with Crippen LogP contribution in [-0.4, -0.2) is 84.2 Å². The molecule has 9 heteroatoms. The molecule has 28 heavy (non-hydrogen) atoms. The minimum Gasteiger partial charge on any atom is -0.444 e. The third kappa shape index (κ3) is 5.45. The van der Waals surface area contributed by atoms with E-state index in [2.05, 4.69) is 5.10 Å². The van der Waals surface area contributed by atoms with E-state index in [0.29, 0.717) is 51.5 Å². The van der Waals surface area contributed by atoms with Crippen LogP contribution >= 0.6 is 0 Å². The highest BCUT2D eigenvalue weighted by Crippen LogP contribution is 2.24. The first-order valence-corrected chi connectivity index (χ1v) is 9.47. The zero-order valence-corrected chi connectivity index (χ0v) is 17.8. The van der Waals surface area contributed by atoms with Gasteiger partial charge in [-0.3, -0.25) is 9.48 Å². The molecule has 1 aromatic heterocycles. The van der Waals surface area contributed by atoms with E-state index in [1.165, 1.54) is 0 Å². The average Bonchev–Trinajstić information content (AvgIpc) is 2.94. The van der Waals surface area contributed by atoms with Gasteiger partial charge in [0.05, 0.1) is 25.5 Å². The SMILES string of the molecule is COCCN(CCOC)C(=O)c1c2c(nn1C)CCN(C(=O)OC(C)(C)C)C2. The molecule has 2 amide bonds. The maximum Gasteiger partial charge on any atom is 0.410 e. The Kier molecular flexibility index (Phi) is 7.42. The number of aryl methyl sites for hydroxylation is 1. The number of carbonyl (C=O) groups is 2. The van der Waals surface area contributed by atoms with Crippen molar-refractivity contribution in [2.75, 3.05) is 47.1 Å². The minimum atomic E-state index is -0.567. The second-order valence-electron chi connectivity index (χ2n) is 7.83. The summed E-state index contributed by atoms with van der Waals surface area (Å²) in [6, 6.07) is 0. The second-order valence-corrected chi connectivity index (χ2v) is 7.83. The number of hydrogen-bond donors (Lipinski definition) is 0. The fourth-order valence-corrected chi connectivity index (χ4v) is 3.12. The predicted molar refractivity (Wildman–Crippen MR) is 103 cm³/mol. The average molecular weight is 396 g/mol. The molecule has 0 fully saturated rings. The van der Waals surface area contributed by atoms with Crippen LogP contribution < -0.4 is 0 Å². The predicted octanol–water partition coefficient (Wildman–Crippen LogP) is 1.45. The number of nitrogens with zero attached hydrogens (tertiary/aromatic N) is 4. The van der Waals surface area contributed by atoms with Crippen molar-refractivity contribution in [2.24, 2.45) is 7.05 Å². The molecule has 158 valence electrons. The van der Waals surface area contributed by atoms with Crippen LogP contribution in [-0.2, 0) is 34.2 Å². The van der Waals surface area contributed by atoms with Gasteiger partial charge in [0.2, 0.25) is 0 Å². The zero-order chi connectivity index (χ0) is 20.9. The summed E-state index contributed by atoms with van der Waals surface area (Å²) in [5.74, 6) is -0.142. The topological polar surface area (TPSA) is 86.1 Å². The first kappa shape index (κ1) is 22.2. The summed E-state index contributed by atoms with van der Waals surface area (Å²) in [5.41, 5.74) is 1.56. The highest BCUT2D eigenvalue weighted by molar-refractivity contribution is 5.94. The molecule has 0 unspecified atom stereocenters. The van der Waals surface area contributed by atoms with Gasteiger partial charge in [0.1, 0.15) is 11.3 Å². The van der Waals surface area contributed by atoms with Crippen LogP contribution in [0.4, 0.5) is 4.79 Å². The molecule has 0 atom stereocenters. The van der Waals surface area contributed by atoms with Crippen LogP contribution in [0, 0.1) is 0 Å². The maximum absolute atomic E-state index is 13.2. The van der Waals surface area contributed by atoms with E-state index >= 15 is 0 Å². The molecule has 1 aliphatic heterocycles. The fourth-order valence-electron chi connectivity index (χ4n) is 3.12. The summed E-state index contributed by atoms with van der Waals surface area (Å²) in [4.78, 5) is 29.0. The number of methoxy groups -OCH3 is 2. The summed E-state index contributed by atoms with van der Waals surface area (Å²) in [5, 5.41) is 4.51. The van der Waals surface area contributed by atoms with Gasteiger partial charge >= 0.3 is 6.09 Å². The molecule has 2 heterocycles. The fraction of sp³-hybridized carbons (Fsp3) is 0.737. The molecule has 0 radical (unpaired) electrons. The van der Waals surface area contributed by atoms with Crippen LogP contribution in [0.1, 0.15) is 42.5 Å². The van der Waals surface area contributed by atoms with Gasteiger partial charge in [0, 0.05) is 52.9 Å². The lowest BCUT2D eigenvalue weighted by Gasteiger charge is -2.30. The van der Waals surface area contributed by atoms with E-state index in [9.17, 15) is 9.59 Å². The Balaban J connectivity index is 2.24. The van der Waals surface area contributed by atoms with Crippen LogP contribution in [0.2, 0.25) is 0 Å². The Bertz CT molecular complexity index is 687. The molecule has 0 bridgehead atoms. The number of aromatic nitrogens is 2. The molecule has 0 spiro atoms. The third-order valence-corrected chi connectivity index (χ3v) is 4.47. The van der Waals surface area contributed by atoms with E-state index in [4.69, 9.17) is 14.2 Å². The van der Waals surface area contributed by atoms with Crippen molar-refractivity contribution in [3.05, 3.63) is 17.0 Å². The minimum absolute atomic E-state index is 0.142. The Hall–Kier alpha value is -2.13. The monoisotopic (exact) mass is 396 g/mol. The molecule has 0 saturated heterocycles. The summed E-state index contributed by atoms with van der Waals surface area (Å²) in [6.45, 7) is 8.10. The second kappa shape index (κ2) is 9.38. The number of rotatable bonds is 7. The quantitative estimate of drug-likeness (QED) is 0.693. The van der Waals surface area contributed by atoms with Crippen molar-refractivity contribution in [2.45, 2.75) is 39.3 Å². The van der Waals surface area contributed by atoms with Crippen LogP contribution in [0.3, 0.4) is 0 Å². The molecule has 0 N–H and O–H groups in total. The zero-order valence-electron chi connectivity index (χ0n) is 17.8. The third-order valence-electron chi connectivity index (χ3n) is 4.47. The highest BCUT2D eigenvalue weighted by atomic mass is 16.6. The van der Waals surface area contributed by atoms with Crippen LogP contribution in [0.5, 0.6) is 0 Å². The van der Waals surface area contributed by atoms with Crippen LogP contribution in [0.15, 0.2) is 0 Å². The molecule has 0 aliphatic carbocycles. The summed E-state index contributed by atoms with van der Waals surface area (Å²) < 4.78 is 17.4. The Morgan fingerprint density at radius 2 is 1.75 bits per heavy atom.